The smallest absolute Gasteiger partial charge is 0.258 e. The lowest BCUT2D eigenvalue weighted by Gasteiger charge is -2.03. The number of para-hydroxylation sites is 2. The van der Waals surface area contributed by atoms with Crippen LogP contribution in [0.3, 0.4) is 0 Å². The molecule has 0 aliphatic carbocycles. The topological polar surface area (TPSA) is 83.6 Å². The highest BCUT2D eigenvalue weighted by Crippen LogP contribution is 2.15. The van der Waals surface area contributed by atoms with Crippen molar-refractivity contribution in [2.75, 3.05) is 5.32 Å². The van der Waals surface area contributed by atoms with Gasteiger partial charge >= 0.3 is 0 Å². The summed E-state index contributed by atoms with van der Waals surface area (Å²) < 4.78 is 0. The summed E-state index contributed by atoms with van der Waals surface area (Å²) in [5, 5.41) is 2.76. The number of amides is 1. The van der Waals surface area contributed by atoms with E-state index in [9.17, 15) is 4.79 Å². The second-order valence-electron chi connectivity index (χ2n) is 4.82. The van der Waals surface area contributed by atoms with Crippen LogP contribution in [0.2, 0.25) is 0 Å². The number of hydrogen-bond donors (Lipinski definition) is 2. The van der Waals surface area contributed by atoms with Gasteiger partial charge in [0.15, 0.2) is 0 Å². The number of rotatable bonds is 2. The minimum absolute atomic E-state index is 0.244. The molecule has 0 unspecified atom stereocenters. The third-order valence-corrected chi connectivity index (χ3v) is 3.35. The number of carbonyl (C=O) groups is 1. The first kappa shape index (κ1) is 12.5. The molecule has 0 atom stereocenters. The number of imidazole rings is 1. The van der Waals surface area contributed by atoms with Gasteiger partial charge < -0.3 is 4.98 Å². The normalized spacial score (nSPS) is 10.9. The van der Waals surface area contributed by atoms with Crippen molar-refractivity contribution in [2.45, 2.75) is 0 Å². The average molecular weight is 289 g/mol. The summed E-state index contributed by atoms with van der Waals surface area (Å²) in [6, 6.07) is 12.8. The molecular weight excluding hydrogens is 278 g/mol. The van der Waals surface area contributed by atoms with E-state index in [0.717, 1.165) is 16.6 Å². The molecule has 2 aromatic heterocycles. The van der Waals surface area contributed by atoms with E-state index in [2.05, 4.69) is 25.3 Å². The first-order valence-electron chi connectivity index (χ1n) is 6.76. The number of carbonyl (C=O) groups excluding carboxylic acids is 1. The molecule has 4 rings (SSSR count). The number of fused-ring (bicyclic) bond motifs is 2. The number of H-pyrrole nitrogens is 1. The van der Waals surface area contributed by atoms with Gasteiger partial charge in [0.2, 0.25) is 5.95 Å². The summed E-state index contributed by atoms with van der Waals surface area (Å²) in [7, 11) is 0. The lowest BCUT2D eigenvalue weighted by atomic mass is 10.2. The number of nitrogens with zero attached hydrogens (tertiary/aromatic N) is 3. The molecular formula is C16H11N5O. The van der Waals surface area contributed by atoms with Crippen LogP contribution < -0.4 is 5.32 Å². The Bertz CT molecular complexity index is 959. The van der Waals surface area contributed by atoms with Crippen molar-refractivity contribution in [1.29, 1.82) is 0 Å². The van der Waals surface area contributed by atoms with Gasteiger partial charge in [-0.15, -0.1) is 0 Å². The molecule has 4 aromatic rings. The molecule has 0 radical (unpaired) electrons. The van der Waals surface area contributed by atoms with Gasteiger partial charge in [-0.2, -0.15) is 0 Å². The molecule has 1 amide bonds. The Morgan fingerprint density at radius 3 is 2.64 bits per heavy atom. The van der Waals surface area contributed by atoms with E-state index < -0.39 is 0 Å². The molecule has 6 nitrogen and oxygen atoms in total. The zero-order valence-corrected chi connectivity index (χ0v) is 11.4. The number of aromatic amines is 1. The Kier molecular flexibility index (Phi) is 2.79. The van der Waals surface area contributed by atoms with Gasteiger partial charge in [0, 0.05) is 18.0 Å². The highest BCUT2D eigenvalue weighted by Gasteiger charge is 2.10. The Morgan fingerprint density at radius 1 is 0.955 bits per heavy atom. The lowest BCUT2D eigenvalue weighted by molar-refractivity contribution is 0.102. The van der Waals surface area contributed by atoms with Crippen LogP contribution in [-0.2, 0) is 0 Å². The number of aromatic nitrogens is 4. The monoisotopic (exact) mass is 289 g/mol. The molecule has 106 valence electrons. The molecule has 0 aliphatic heterocycles. The molecule has 0 fully saturated rings. The third-order valence-electron chi connectivity index (χ3n) is 3.35. The van der Waals surface area contributed by atoms with E-state index in [4.69, 9.17) is 0 Å². The molecule has 22 heavy (non-hydrogen) atoms. The van der Waals surface area contributed by atoms with E-state index >= 15 is 0 Å². The standard InChI is InChI=1S/C16H11N5O/c22-15(10-5-6-11-14(9-10)18-8-7-17-11)21-16-19-12-3-1-2-4-13(12)20-16/h1-9H,(H2,19,20,21,22). The molecule has 2 N–H and O–H groups in total. The van der Waals surface area contributed by atoms with Crippen molar-refractivity contribution in [3.63, 3.8) is 0 Å². The molecule has 6 heteroatoms. The molecule has 0 spiro atoms. The first-order valence-corrected chi connectivity index (χ1v) is 6.76. The first-order chi connectivity index (χ1) is 10.8. The predicted molar refractivity (Wildman–Crippen MR) is 83.6 cm³/mol. The maximum absolute atomic E-state index is 12.3. The number of nitrogens with one attached hydrogen (secondary N) is 2. The van der Waals surface area contributed by atoms with E-state index in [1.54, 1.807) is 30.6 Å². The van der Waals surface area contributed by atoms with Crippen molar-refractivity contribution >= 4 is 33.9 Å². The molecule has 0 saturated carbocycles. The van der Waals surface area contributed by atoms with E-state index in [-0.39, 0.29) is 5.91 Å². The van der Waals surface area contributed by atoms with Crippen LogP contribution in [0.15, 0.2) is 54.9 Å². The van der Waals surface area contributed by atoms with Gasteiger partial charge in [-0.3, -0.25) is 20.1 Å². The average Bonchev–Trinajstić information content (AvgIpc) is 2.96. The highest BCUT2D eigenvalue weighted by atomic mass is 16.1. The zero-order valence-electron chi connectivity index (χ0n) is 11.4. The van der Waals surface area contributed by atoms with Gasteiger partial charge in [-0.05, 0) is 30.3 Å². The summed E-state index contributed by atoms with van der Waals surface area (Å²) in [5.41, 5.74) is 3.63. The summed E-state index contributed by atoms with van der Waals surface area (Å²) >= 11 is 0. The Morgan fingerprint density at radius 2 is 1.77 bits per heavy atom. The van der Waals surface area contributed by atoms with Crippen LogP contribution >= 0.6 is 0 Å². The van der Waals surface area contributed by atoms with Crippen LogP contribution in [0.25, 0.3) is 22.1 Å². The van der Waals surface area contributed by atoms with Gasteiger partial charge in [0.25, 0.3) is 5.91 Å². The number of hydrogen-bond acceptors (Lipinski definition) is 4. The molecule has 2 heterocycles. The van der Waals surface area contributed by atoms with Crippen molar-refractivity contribution in [1.82, 2.24) is 19.9 Å². The quantitative estimate of drug-likeness (QED) is 0.594. The second-order valence-corrected chi connectivity index (χ2v) is 4.82. The lowest BCUT2D eigenvalue weighted by Crippen LogP contribution is -2.12. The van der Waals surface area contributed by atoms with Crippen molar-refractivity contribution in [2.24, 2.45) is 0 Å². The van der Waals surface area contributed by atoms with Crippen LogP contribution in [0, 0.1) is 0 Å². The number of benzene rings is 2. The van der Waals surface area contributed by atoms with E-state index in [1.807, 2.05) is 24.3 Å². The van der Waals surface area contributed by atoms with Gasteiger partial charge in [0.1, 0.15) is 0 Å². The maximum atomic E-state index is 12.3. The van der Waals surface area contributed by atoms with Crippen molar-refractivity contribution in [3.05, 3.63) is 60.4 Å². The third kappa shape index (κ3) is 2.16. The summed E-state index contributed by atoms with van der Waals surface area (Å²) in [5.74, 6) is 0.178. The van der Waals surface area contributed by atoms with E-state index in [1.165, 1.54) is 0 Å². The zero-order chi connectivity index (χ0) is 14.9. The van der Waals surface area contributed by atoms with Gasteiger partial charge in [-0.1, -0.05) is 12.1 Å². The minimum atomic E-state index is -0.244. The maximum Gasteiger partial charge on any atom is 0.258 e. The fourth-order valence-corrected chi connectivity index (χ4v) is 2.30. The largest absolute Gasteiger partial charge is 0.324 e. The van der Waals surface area contributed by atoms with Crippen molar-refractivity contribution < 1.29 is 4.79 Å². The molecule has 0 bridgehead atoms. The molecule has 2 aromatic carbocycles. The SMILES string of the molecule is O=C(Nc1nc2ccccc2[nH]1)c1ccc2nccnc2c1. The Hall–Kier alpha value is -3.28. The summed E-state index contributed by atoms with van der Waals surface area (Å²) in [6.07, 6.45) is 3.22. The van der Waals surface area contributed by atoms with E-state index in [0.29, 0.717) is 17.0 Å². The summed E-state index contributed by atoms with van der Waals surface area (Å²) in [6.45, 7) is 0. The van der Waals surface area contributed by atoms with Crippen LogP contribution in [0.4, 0.5) is 5.95 Å². The second kappa shape index (κ2) is 4.92. The van der Waals surface area contributed by atoms with Crippen molar-refractivity contribution in [3.8, 4) is 0 Å². The van der Waals surface area contributed by atoms with Crippen LogP contribution in [-0.4, -0.2) is 25.8 Å². The fourth-order valence-electron chi connectivity index (χ4n) is 2.30. The number of anilines is 1. The van der Waals surface area contributed by atoms with Crippen LogP contribution in [0.1, 0.15) is 10.4 Å². The van der Waals surface area contributed by atoms with Gasteiger partial charge in [0.05, 0.1) is 22.1 Å². The summed E-state index contributed by atoms with van der Waals surface area (Å²) in [4.78, 5) is 28.1. The van der Waals surface area contributed by atoms with Crippen LogP contribution in [0.5, 0.6) is 0 Å². The Labute approximate surface area is 125 Å². The molecule has 0 saturated heterocycles. The predicted octanol–water partition coefficient (Wildman–Crippen LogP) is 2.76. The highest BCUT2D eigenvalue weighted by molar-refractivity contribution is 6.05. The van der Waals surface area contributed by atoms with Gasteiger partial charge in [-0.25, -0.2) is 4.98 Å². The minimum Gasteiger partial charge on any atom is -0.324 e. The molecule has 0 aliphatic rings. The fraction of sp³-hybridized carbons (Fsp3) is 0. The Balaban J connectivity index is 1.65.